The molecule has 0 heterocycles. The largest absolute Gasteiger partial charge is 0.463 e. The van der Waals surface area contributed by atoms with Crippen molar-refractivity contribution in [1.29, 1.82) is 0 Å². The Bertz CT molecular complexity index is 278. The first-order valence-corrected chi connectivity index (χ1v) is 10.0. The lowest BCUT2D eigenvalue weighted by Crippen LogP contribution is -2.23. The third kappa shape index (κ3) is 17.7. The molecular formula is C21H42O2. The quantitative estimate of drug-likeness (QED) is 0.252. The van der Waals surface area contributed by atoms with E-state index in [-0.39, 0.29) is 17.5 Å². The van der Waals surface area contributed by atoms with Crippen LogP contribution in [0.5, 0.6) is 0 Å². The lowest BCUT2D eigenvalue weighted by Gasteiger charge is -2.25. The molecule has 0 aromatic carbocycles. The van der Waals surface area contributed by atoms with Crippen molar-refractivity contribution in [3.05, 3.63) is 0 Å². The van der Waals surface area contributed by atoms with E-state index in [1.807, 2.05) is 0 Å². The second-order valence-electron chi connectivity index (χ2n) is 8.32. The second-order valence-corrected chi connectivity index (χ2v) is 8.32. The van der Waals surface area contributed by atoms with Gasteiger partial charge in [0.2, 0.25) is 0 Å². The minimum Gasteiger partial charge on any atom is -0.463 e. The normalized spacial score (nSPS) is 13.1. The highest BCUT2D eigenvalue weighted by atomic mass is 16.5. The van der Waals surface area contributed by atoms with E-state index in [9.17, 15) is 4.79 Å². The molecular weight excluding hydrogens is 284 g/mol. The molecule has 0 aliphatic carbocycles. The summed E-state index contributed by atoms with van der Waals surface area (Å²) in [7, 11) is 0. The third-order valence-corrected chi connectivity index (χ3v) is 4.30. The van der Waals surface area contributed by atoms with Gasteiger partial charge in [-0.15, -0.1) is 0 Å². The molecule has 0 aromatic heterocycles. The van der Waals surface area contributed by atoms with Crippen LogP contribution in [0.2, 0.25) is 0 Å². The molecule has 0 saturated heterocycles. The molecule has 0 aliphatic heterocycles. The zero-order valence-electron chi connectivity index (χ0n) is 16.6. The van der Waals surface area contributed by atoms with Crippen molar-refractivity contribution in [2.24, 2.45) is 5.41 Å². The Labute approximate surface area is 145 Å². The van der Waals surface area contributed by atoms with Gasteiger partial charge in [-0.3, -0.25) is 4.79 Å². The number of carbonyl (C=O) groups excluding carboxylic acids is 1. The first-order valence-electron chi connectivity index (χ1n) is 10.0. The fourth-order valence-corrected chi connectivity index (χ4v) is 3.16. The molecule has 0 saturated carbocycles. The third-order valence-electron chi connectivity index (χ3n) is 4.30. The van der Waals surface area contributed by atoms with Crippen LogP contribution in [0.25, 0.3) is 0 Å². The summed E-state index contributed by atoms with van der Waals surface area (Å²) < 4.78 is 5.48. The van der Waals surface area contributed by atoms with Gasteiger partial charge in [0.25, 0.3) is 0 Å². The van der Waals surface area contributed by atoms with Crippen LogP contribution < -0.4 is 0 Å². The van der Waals surface area contributed by atoms with Gasteiger partial charge in [-0.1, -0.05) is 91.9 Å². The second kappa shape index (κ2) is 13.9. The molecule has 0 aromatic rings. The van der Waals surface area contributed by atoms with Gasteiger partial charge in [0, 0.05) is 6.92 Å². The number of unbranched alkanes of at least 4 members (excludes halogenated alkanes) is 10. The Morgan fingerprint density at radius 2 is 1.26 bits per heavy atom. The fourth-order valence-electron chi connectivity index (χ4n) is 3.16. The monoisotopic (exact) mass is 326 g/mol. The van der Waals surface area contributed by atoms with Crippen molar-refractivity contribution < 1.29 is 9.53 Å². The average molecular weight is 327 g/mol. The van der Waals surface area contributed by atoms with Crippen LogP contribution in [-0.4, -0.2) is 12.1 Å². The van der Waals surface area contributed by atoms with Crippen molar-refractivity contribution in [2.75, 3.05) is 0 Å². The van der Waals surface area contributed by atoms with E-state index in [0.29, 0.717) is 0 Å². The van der Waals surface area contributed by atoms with Gasteiger partial charge in [-0.2, -0.15) is 0 Å². The Morgan fingerprint density at radius 1 is 0.826 bits per heavy atom. The highest BCUT2D eigenvalue weighted by Gasteiger charge is 2.20. The van der Waals surface area contributed by atoms with E-state index in [0.717, 1.165) is 12.8 Å². The van der Waals surface area contributed by atoms with Crippen molar-refractivity contribution in [2.45, 2.75) is 124 Å². The predicted octanol–water partition coefficient (Wildman–Crippen LogP) is 7.06. The van der Waals surface area contributed by atoms with Gasteiger partial charge < -0.3 is 4.74 Å². The first-order chi connectivity index (χ1) is 10.8. The van der Waals surface area contributed by atoms with Crippen molar-refractivity contribution in [3.63, 3.8) is 0 Å². The van der Waals surface area contributed by atoms with Gasteiger partial charge in [-0.25, -0.2) is 0 Å². The van der Waals surface area contributed by atoms with Gasteiger partial charge in [0.15, 0.2) is 0 Å². The Balaban J connectivity index is 3.57. The molecule has 0 spiro atoms. The first kappa shape index (κ1) is 22.5. The van der Waals surface area contributed by atoms with Crippen LogP contribution in [0.4, 0.5) is 0 Å². The molecule has 0 fully saturated rings. The van der Waals surface area contributed by atoms with Crippen molar-refractivity contribution >= 4 is 5.97 Å². The summed E-state index contributed by atoms with van der Waals surface area (Å²) in [6.45, 7) is 10.4. The number of carbonyl (C=O) groups is 1. The topological polar surface area (TPSA) is 26.3 Å². The van der Waals surface area contributed by atoms with Crippen molar-refractivity contribution in [3.8, 4) is 0 Å². The summed E-state index contributed by atoms with van der Waals surface area (Å²) in [5, 5.41) is 0. The maximum absolute atomic E-state index is 11.2. The Kier molecular flexibility index (Phi) is 13.5. The SMILES string of the molecule is CCCCCCCCCCCCCC(CC(C)(C)C)OC(C)=O. The fraction of sp³-hybridized carbons (Fsp3) is 0.952. The smallest absolute Gasteiger partial charge is 0.302 e. The van der Waals surface area contributed by atoms with E-state index in [4.69, 9.17) is 4.74 Å². The molecule has 0 bridgehead atoms. The molecule has 1 unspecified atom stereocenters. The van der Waals surface area contributed by atoms with E-state index >= 15 is 0 Å². The maximum atomic E-state index is 11.2. The van der Waals surface area contributed by atoms with Crippen molar-refractivity contribution in [1.82, 2.24) is 0 Å². The molecule has 0 amide bonds. The lowest BCUT2D eigenvalue weighted by atomic mass is 9.87. The predicted molar refractivity (Wildman–Crippen MR) is 101 cm³/mol. The van der Waals surface area contributed by atoms with Crippen LogP contribution >= 0.6 is 0 Å². The zero-order chi connectivity index (χ0) is 17.6. The maximum Gasteiger partial charge on any atom is 0.302 e. The number of ether oxygens (including phenoxy) is 1. The average Bonchev–Trinajstić information content (AvgIpc) is 2.42. The Morgan fingerprint density at radius 3 is 1.65 bits per heavy atom. The highest BCUT2D eigenvalue weighted by Crippen LogP contribution is 2.25. The summed E-state index contributed by atoms with van der Waals surface area (Å²) in [6, 6.07) is 0. The lowest BCUT2D eigenvalue weighted by molar-refractivity contribution is -0.148. The van der Waals surface area contributed by atoms with Crippen LogP contribution in [0.3, 0.4) is 0 Å². The van der Waals surface area contributed by atoms with Gasteiger partial charge in [0.1, 0.15) is 6.10 Å². The summed E-state index contributed by atoms with van der Waals surface area (Å²) in [5.74, 6) is -0.137. The standard InChI is InChI=1S/C21H42O2/c1-6-7-8-9-10-11-12-13-14-15-16-17-20(23-19(2)22)18-21(3,4)5/h20H,6-18H2,1-5H3. The number of hydrogen-bond acceptors (Lipinski definition) is 2. The van der Waals surface area contributed by atoms with Crippen LogP contribution in [0, 0.1) is 5.41 Å². The molecule has 0 radical (unpaired) electrons. The summed E-state index contributed by atoms with van der Waals surface area (Å²) >= 11 is 0. The molecule has 138 valence electrons. The van der Waals surface area contributed by atoms with Gasteiger partial charge >= 0.3 is 5.97 Å². The summed E-state index contributed by atoms with van der Waals surface area (Å²) in [6.07, 6.45) is 17.0. The number of rotatable bonds is 14. The van der Waals surface area contributed by atoms with E-state index in [1.54, 1.807) is 0 Å². The minimum absolute atomic E-state index is 0.103. The molecule has 23 heavy (non-hydrogen) atoms. The van der Waals surface area contributed by atoms with Gasteiger partial charge in [0.05, 0.1) is 0 Å². The van der Waals surface area contributed by atoms with Crippen LogP contribution in [0.15, 0.2) is 0 Å². The van der Waals surface area contributed by atoms with E-state index < -0.39 is 0 Å². The number of esters is 1. The summed E-state index contributed by atoms with van der Waals surface area (Å²) in [5.41, 5.74) is 0.220. The Hall–Kier alpha value is -0.530. The van der Waals surface area contributed by atoms with E-state index in [2.05, 4.69) is 27.7 Å². The summed E-state index contributed by atoms with van der Waals surface area (Å²) in [4.78, 5) is 11.2. The molecule has 1 atom stereocenters. The molecule has 0 N–H and O–H groups in total. The van der Waals surface area contributed by atoms with Gasteiger partial charge in [-0.05, 0) is 24.7 Å². The zero-order valence-corrected chi connectivity index (χ0v) is 16.6. The minimum atomic E-state index is -0.137. The molecule has 2 heteroatoms. The molecule has 0 aliphatic rings. The highest BCUT2D eigenvalue weighted by molar-refractivity contribution is 5.66. The number of hydrogen-bond donors (Lipinski definition) is 0. The van der Waals surface area contributed by atoms with Crippen LogP contribution in [-0.2, 0) is 9.53 Å². The molecule has 2 nitrogen and oxygen atoms in total. The van der Waals surface area contributed by atoms with E-state index in [1.165, 1.54) is 77.6 Å². The van der Waals surface area contributed by atoms with Crippen LogP contribution in [0.1, 0.15) is 118 Å². The molecule has 0 rings (SSSR count).